The van der Waals surface area contributed by atoms with Gasteiger partial charge < -0.3 is 24.2 Å². The minimum Gasteiger partial charge on any atom is -0.616 e. The number of benzene rings is 1. The van der Waals surface area contributed by atoms with Crippen molar-refractivity contribution >= 4 is 17.3 Å². The number of aliphatic hydroxyl groups excluding tert-OH is 1. The molecule has 286 valence electrons. The van der Waals surface area contributed by atoms with E-state index in [0.717, 1.165) is 83.6 Å². The lowest BCUT2D eigenvalue weighted by Gasteiger charge is -2.53. The fourth-order valence-electron chi connectivity index (χ4n) is 8.96. The van der Waals surface area contributed by atoms with Crippen LogP contribution in [0.25, 0.3) is 0 Å². The Morgan fingerprint density at radius 3 is 2.30 bits per heavy atom. The summed E-state index contributed by atoms with van der Waals surface area (Å²) in [5.74, 6) is -1.93. The molecule has 0 aromatic heterocycles. The van der Waals surface area contributed by atoms with Gasteiger partial charge in [0.05, 0.1) is 6.10 Å². The van der Waals surface area contributed by atoms with E-state index < -0.39 is 36.1 Å². The van der Waals surface area contributed by atoms with Crippen LogP contribution in [0.4, 0.5) is 26.7 Å². The molecule has 0 spiro atoms. The Balaban J connectivity index is 1.24. The van der Waals surface area contributed by atoms with Crippen LogP contribution in [0, 0.1) is 23.2 Å². The maximum absolute atomic E-state index is 13.0. The summed E-state index contributed by atoms with van der Waals surface area (Å²) in [5.41, 5.74) is 2.64. The van der Waals surface area contributed by atoms with Gasteiger partial charge in [-0.15, -0.1) is 0 Å². The lowest BCUT2D eigenvalue weighted by Crippen LogP contribution is -2.47. The zero-order valence-electron chi connectivity index (χ0n) is 30.4. The first kappa shape index (κ1) is 41.1. The summed E-state index contributed by atoms with van der Waals surface area (Å²) >= 11 is -1.38. The summed E-state index contributed by atoms with van der Waals surface area (Å²) in [5, 5.41) is 11.0. The summed E-state index contributed by atoms with van der Waals surface area (Å²) in [4.78, 5) is 16.4. The van der Waals surface area contributed by atoms with Gasteiger partial charge in [0.25, 0.3) is 0 Å². The Kier molecular flexibility index (Phi) is 14.7. The van der Waals surface area contributed by atoms with Crippen LogP contribution >= 0.6 is 0 Å². The van der Waals surface area contributed by atoms with Crippen molar-refractivity contribution in [1.29, 1.82) is 0 Å². The first-order valence-corrected chi connectivity index (χ1v) is 20.2. The molecular weight excluding hydrogens is 675 g/mol. The highest BCUT2D eigenvalue weighted by atomic mass is 32.2. The van der Waals surface area contributed by atoms with Crippen LogP contribution in [0.3, 0.4) is 0 Å². The number of rotatable bonds is 18. The Labute approximate surface area is 299 Å². The number of halogens is 5. The normalized spacial score (nSPS) is 27.1. The van der Waals surface area contributed by atoms with E-state index in [-0.39, 0.29) is 23.4 Å². The molecule has 1 amide bonds. The lowest BCUT2D eigenvalue weighted by molar-refractivity contribution is -0.284. The molecule has 0 radical (unpaired) electrons. The Hall–Kier alpha value is -1.63. The van der Waals surface area contributed by atoms with Crippen LogP contribution in [-0.2, 0) is 17.6 Å². The summed E-state index contributed by atoms with van der Waals surface area (Å²) in [7, 11) is 5.70. The minimum absolute atomic E-state index is 0.0264. The molecule has 7 atom stereocenters. The number of alkyl halides is 5. The monoisotopic (exact) mass is 734 g/mol. The Bertz CT molecular complexity index is 1240. The molecule has 0 heterocycles. The van der Waals surface area contributed by atoms with Crippen molar-refractivity contribution in [2.45, 2.75) is 127 Å². The standard InChI is InChI=1S/C38H59F5N2O4S/c1-36-20-18-31-30-15-14-29(49-35(47)45(4)22-21-44(2)3)26-28(30)25-27(34(31)32(36)16-17-33(36)46)13-10-8-6-5-7-9-11-23-50(48)24-12-19-37(39,40)38(41,42)43/h14-15,26-27,31-34,46H,5-13,16-25H2,1-4H3/t27-,31-,32+,33+,34-,36+,50?/m1/s1. The lowest BCUT2D eigenvalue weighted by atomic mass is 9.52. The summed E-state index contributed by atoms with van der Waals surface area (Å²) < 4.78 is 80.9. The fraction of sp³-hybridized carbons (Fsp3) is 0.816. The molecule has 12 heteroatoms. The van der Waals surface area contributed by atoms with Crippen molar-refractivity contribution in [1.82, 2.24) is 9.80 Å². The topological polar surface area (TPSA) is 76.1 Å². The molecule has 1 N–H and O–H groups in total. The molecule has 50 heavy (non-hydrogen) atoms. The maximum Gasteiger partial charge on any atom is 0.453 e. The van der Waals surface area contributed by atoms with Gasteiger partial charge in [-0.1, -0.05) is 56.3 Å². The molecule has 1 aromatic carbocycles. The van der Waals surface area contributed by atoms with Gasteiger partial charge in [-0.2, -0.15) is 22.0 Å². The zero-order valence-corrected chi connectivity index (χ0v) is 31.2. The number of carbonyl (C=O) groups excluding carboxylic acids is 1. The van der Waals surface area contributed by atoms with Crippen molar-refractivity contribution in [3.63, 3.8) is 0 Å². The van der Waals surface area contributed by atoms with Crippen LogP contribution in [0.15, 0.2) is 18.2 Å². The van der Waals surface area contributed by atoms with Gasteiger partial charge in [0.15, 0.2) is 0 Å². The van der Waals surface area contributed by atoms with Crippen molar-refractivity contribution < 1.29 is 41.1 Å². The Morgan fingerprint density at radius 2 is 1.62 bits per heavy atom. The van der Waals surface area contributed by atoms with Gasteiger partial charge in [0.1, 0.15) is 17.3 Å². The van der Waals surface area contributed by atoms with Crippen LogP contribution < -0.4 is 4.74 Å². The molecule has 4 rings (SSSR count). The second-order valence-electron chi connectivity index (χ2n) is 15.8. The number of unbranched alkanes of at least 4 members (excludes halogenated alkanes) is 6. The fourth-order valence-corrected chi connectivity index (χ4v) is 10.2. The summed E-state index contributed by atoms with van der Waals surface area (Å²) in [6, 6.07) is 6.21. The number of amides is 1. The minimum atomic E-state index is -5.55. The predicted octanol–water partition coefficient (Wildman–Crippen LogP) is 8.97. The first-order chi connectivity index (χ1) is 23.5. The number of ether oxygens (including phenoxy) is 1. The molecule has 1 unspecified atom stereocenters. The van der Waals surface area contributed by atoms with Gasteiger partial charge in [0.2, 0.25) is 0 Å². The van der Waals surface area contributed by atoms with Crippen LogP contribution in [0.2, 0.25) is 0 Å². The first-order valence-electron chi connectivity index (χ1n) is 18.7. The second kappa shape index (κ2) is 17.9. The van der Waals surface area contributed by atoms with E-state index in [4.69, 9.17) is 4.74 Å². The third-order valence-corrected chi connectivity index (χ3v) is 13.4. The van der Waals surface area contributed by atoms with Crippen LogP contribution in [0.1, 0.15) is 114 Å². The molecule has 6 nitrogen and oxygen atoms in total. The molecular formula is C38H59F5N2O4S. The molecule has 3 aliphatic rings. The second-order valence-corrected chi connectivity index (χ2v) is 17.5. The molecule has 0 saturated heterocycles. The number of fused-ring (bicyclic) bond motifs is 5. The molecule has 1 aromatic rings. The highest BCUT2D eigenvalue weighted by Crippen LogP contribution is 2.62. The smallest absolute Gasteiger partial charge is 0.453 e. The molecule has 2 saturated carbocycles. The highest BCUT2D eigenvalue weighted by molar-refractivity contribution is 7.91. The number of likely N-dealkylation sites (N-methyl/N-ethyl adjacent to an activating group) is 2. The summed E-state index contributed by atoms with van der Waals surface area (Å²) in [6.45, 7) is 3.64. The highest BCUT2D eigenvalue weighted by Gasteiger charge is 2.57. The van der Waals surface area contributed by atoms with Crippen LogP contribution in [0.5, 0.6) is 5.75 Å². The van der Waals surface area contributed by atoms with Gasteiger partial charge in [-0.05, 0) is 124 Å². The maximum atomic E-state index is 13.0. The van der Waals surface area contributed by atoms with E-state index in [1.807, 2.05) is 25.1 Å². The number of aliphatic hydroxyl groups is 1. The number of hydrogen-bond donors (Lipinski definition) is 1. The van der Waals surface area contributed by atoms with Gasteiger partial charge >= 0.3 is 18.2 Å². The third-order valence-electron chi connectivity index (χ3n) is 11.9. The Morgan fingerprint density at radius 1 is 0.960 bits per heavy atom. The van der Waals surface area contributed by atoms with E-state index in [0.29, 0.717) is 48.1 Å². The van der Waals surface area contributed by atoms with E-state index in [1.54, 1.807) is 11.9 Å². The van der Waals surface area contributed by atoms with Gasteiger partial charge in [-0.25, -0.2) is 4.79 Å². The van der Waals surface area contributed by atoms with Crippen molar-refractivity contribution in [3.05, 3.63) is 29.3 Å². The quantitative estimate of drug-likeness (QED) is 0.0927. The predicted molar refractivity (Wildman–Crippen MR) is 188 cm³/mol. The average molecular weight is 735 g/mol. The largest absolute Gasteiger partial charge is 0.616 e. The number of hydrogen-bond acceptors (Lipinski definition) is 5. The van der Waals surface area contributed by atoms with E-state index in [9.17, 15) is 36.4 Å². The molecule has 2 fully saturated rings. The summed E-state index contributed by atoms with van der Waals surface area (Å²) in [6.07, 6.45) is 5.15. The van der Waals surface area contributed by atoms with Gasteiger partial charge in [-0.3, -0.25) is 0 Å². The van der Waals surface area contributed by atoms with Gasteiger partial charge in [0, 0.05) is 26.6 Å². The van der Waals surface area contributed by atoms with E-state index in [1.165, 1.54) is 11.1 Å². The van der Waals surface area contributed by atoms with Crippen molar-refractivity contribution in [3.8, 4) is 5.75 Å². The molecule has 0 aliphatic heterocycles. The van der Waals surface area contributed by atoms with Crippen molar-refractivity contribution in [2.75, 3.05) is 45.7 Å². The molecule has 0 bridgehead atoms. The van der Waals surface area contributed by atoms with E-state index >= 15 is 0 Å². The SMILES string of the molecule is CN(C)CCN(C)C(=O)Oc1ccc2c(c1)C[C@@H](CCCCCCCCC[S+]([O-])CCCC(F)(F)C(F)(F)F)[C@@H]1[C@@H]2CC[C@]2(C)[C@@H](O)CC[C@@H]12. The number of nitrogens with zero attached hydrogens (tertiary/aromatic N) is 2. The van der Waals surface area contributed by atoms with E-state index in [2.05, 4.69) is 19.1 Å². The third kappa shape index (κ3) is 10.5. The average Bonchev–Trinajstić information content (AvgIpc) is 3.35. The van der Waals surface area contributed by atoms with Crippen molar-refractivity contribution in [2.24, 2.45) is 23.2 Å². The number of carbonyl (C=O) groups is 1. The van der Waals surface area contributed by atoms with Crippen LogP contribution in [-0.4, -0.2) is 89.5 Å². The molecule has 3 aliphatic carbocycles. The zero-order chi connectivity index (χ0) is 36.7.